The molecule has 0 bridgehead atoms. The van der Waals surface area contributed by atoms with Gasteiger partial charge in [-0.2, -0.15) is 0 Å². The zero-order valence-electron chi connectivity index (χ0n) is 6.56. The Balaban J connectivity index is 4.68. The third-order valence-corrected chi connectivity index (χ3v) is 1.38. The van der Waals surface area contributed by atoms with Crippen molar-refractivity contribution < 1.29 is 4.79 Å². The Morgan fingerprint density at radius 3 is 2.10 bits per heavy atom. The van der Waals surface area contributed by atoms with Crippen LogP contribution in [0.3, 0.4) is 0 Å². The van der Waals surface area contributed by atoms with Crippen LogP contribution in [0.2, 0.25) is 0 Å². The Morgan fingerprint density at radius 2 is 2.00 bits per heavy atom. The van der Waals surface area contributed by atoms with Gasteiger partial charge in [-0.15, -0.1) is 0 Å². The zero-order valence-corrected chi connectivity index (χ0v) is 6.56. The van der Waals surface area contributed by atoms with Crippen molar-refractivity contribution >= 4 is 5.78 Å². The molecular weight excluding hydrogens is 126 g/mol. The average molecular weight is 137 g/mol. The SMILES string of the molecule is [C-]#[N+]/C(C(C)=O)=C(/C)CC. The van der Waals surface area contributed by atoms with E-state index in [-0.39, 0.29) is 5.78 Å². The number of Topliss-reactive ketones (excluding diaryl/α,β-unsaturated/α-hetero) is 1. The molecule has 0 radical (unpaired) electrons. The summed E-state index contributed by atoms with van der Waals surface area (Å²) >= 11 is 0. The van der Waals surface area contributed by atoms with Crippen LogP contribution in [0.5, 0.6) is 0 Å². The summed E-state index contributed by atoms with van der Waals surface area (Å²) in [7, 11) is 0. The van der Waals surface area contributed by atoms with Crippen LogP contribution in [-0.2, 0) is 4.79 Å². The van der Waals surface area contributed by atoms with Crippen LogP contribution in [0, 0.1) is 6.57 Å². The van der Waals surface area contributed by atoms with Crippen molar-refractivity contribution in [1.82, 2.24) is 0 Å². The van der Waals surface area contributed by atoms with E-state index in [0.29, 0.717) is 5.70 Å². The van der Waals surface area contributed by atoms with E-state index >= 15 is 0 Å². The van der Waals surface area contributed by atoms with Gasteiger partial charge in [-0.25, -0.2) is 4.85 Å². The molecule has 54 valence electrons. The number of carbonyl (C=O) groups excluding carboxylic acids is 1. The first-order valence-electron chi connectivity index (χ1n) is 3.21. The molecule has 2 heteroatoms. The molecule has 10 heavy (non-hydrogen) atoms. The molecule has 0 aromatic heterocycles. The maximum Gasteiger partial charge on any atom is 0.227 e. The van der Waals surface area contributed by atoms with Crippen LogP contribution < -0.4 is 0 Å². The summed E-state index contributed by atoms with van der Waals surface area (Å²) in [5, 5.41) is 0. The molecule has 0 amide bonds. The number of nitrogens with zero attached hydrogens (tertiary/aromatic N) is 1. The van der Waals surface area contributed by atoms with Crippen LogP contribution in [0.25, 0.3) is 4.85 Å². The fraction of sp³-hybridized carbons (Fsp3) is 0.500. The van der Waals surface area contributed by atoms with Crippen molar-refractivity contribution in [2.24, 2.45) is 0 Å². The molecule has 0 spiro atoms. The Morgan fingerprint density at radius 1 is 1.50 bits per heavy atom. The summed E-state index contributed by atoms with van der Waals surface area (Å²) in [4.78, 5) is 13.8. The highest BCUT2D eigenvalue weighted by Gasteiger charge is 2.05. The lowest BCUT2D eigenvalue weighted by atomic mass is 10.1. The Labute approximate surface area is 61.4 Å². The van der Waals surface area contributed by atoms with Gasteiger partial charge in [-0.1, -0.05) is 19.4 Å². The van der Waals surface area contributed by atoms with Crippen LogP contribution in [0.4, 0.5) is 0 Å². The first kappa shape index (κ1) is 8.90. The number of carbonyl (C=O) groups is 1. The minimum absolute atomic E-state index is 0.130. The van der Waals surface area contributed by atoms with E-state index in [1.54, 1.807) is 0 Å². The molecule has 0 aromatic carbocycles. The van der Waals surface area contributed by atoms with Gasteiger partial charge in [0.2, 0.25) is 5.70 Å². The van der Waals surface area contributed by atoms with E-state index in [2.05, 4.69) is 4.85 Å². The lowest BCUT2D eigenvalue weighted by Gasteiger charge is -1.96. The van der Waals surface area contributed by atoms with E-state index in [9.17, 15) is 4.79 Å². The maximum absolute atomic E-state index is 10.7. The number of ketones is 1. The van der Waals surface area contributed by atoms with Crippen molar-refractivity contribution in [3.63, 3.8) is 0 Å². The van der Waals surface area contributed by atoms with E-state index in [0.717, 1.165) is 12.0 Å². The summed E-state index contributed by atoms with van der Waals surface area (Å²) in [5.74, 6) is -0.130. The highest BCUT2D eigenvalue weighted by Crippen LogP contribution is 2.09. The second-order valence-corrected chi connectivity index (χ2v) is 2.15. The fourth-order valence-corrected chi connectivity index (χ4v) is 0.642. The van der Waals surface area contributed by atoms with Gasteiger partial charge in [-0.3, -0.25) is 0 Å². The van der Waals surface area contributed by atoms with Crippen LogP contribution >= 0.6 is 0 Å². The Hall–Kier alpha value is -1.10. The van der Waals surface area contributed by atoms with E-state index < -0.39 is 0 Å². The van der Waals surface area contributed by atoms with E-state index in [4.69, 9.17) is 6.57 Å². The number of hydrogen-bond donors (Lipinski definition) is 0. The van der Waals surface area contributed by atoms with Crippen molar-refractivity contribution in [2.45, 2.75) is 27.2 Å². The van der Waals surface area contributed by atoms with Gasteiger partial charge < -0.3 is 4.79 Å². The molecule has 0 heterocycles. The summed E-state index contributed by atoms with van der Waals surface area (Å²) < 4.78 is 0. The number of rotatable bonds is 2. The molecule has 0 rings (SSSR count). The summed E-state index contributed by atoms with van der Waals surface area (Å²) in [6, 6.07) is 0. The molecule has 0 unspecified atom stereocenters. The van der Waals surface area contributed by atoms with Gasteiger partial charge in [0.25, 0.3) is 0 Å². The second-order valence-electron chi connectivity index (χ2n) is 2.15. The smallest absolute Gasteiger partial charge is 0.227 e. The van der Waals surface area contributed by atoms with Gasteiger partial charge in [0.05, 0.1) is 6.57 Å². The van der Waals surface area contributed by atoms with Gasteiger partial charge >= 0.3 is 0 Å². The van der Waals surface area contributed by atoms with Crippen LogP contribution in [-0.4, -0.2) is 5.78 Å². The lowest BCUT2D eigenvalue weighted by molar-refractivity contribution is -0.113. The summed E-state index contributed by atoms with van der Waals surface area (Å²) in [6.07, 6.45) is 0.775. The van der Waals surface area contributed by atoms with Crippen LogP contribution in [0.15, 0.2) is 11.3 Å². The van der Waals surface area contributed by atoms with Crippen LogP contribution in [0.1, 0.15) is 27.2 Å². The predicted octanol–water partition coefficient (Wildman–Crippen LogP) is 2.18. The van der Waals surface area contributed by atoms with Gasteiger partial charge in [-0.05, 0) is 13.3 Å². The first-order chi connectivity index (χ1) is 4.63. The quantitative estimate of drug-likeness (QED) is 0.422. The summed E-state index contributed by atoms with van der Waals surface area (Å²) in [6.45, 7) is 11.8. The Kier molecular flexibility index (Phi) is 3.42. The zero-order chi connectivity index (χ0) is 8.15. The van der Waals surface area contributed by atoms with Gasteiger partial charge in [0, 0.05) is 0 Å². The molecule has 0 saturated heterocycles. The average Bonchev–Trinajstić information content (AvgIpc) is 1.88. The standard InChI is InChI=1S/C8H11NO/c1-5-6(2)8(9-4)7(3)10/h5H2,1-3H3/b8-6-. The molecule has 0 fully saturated rings. The number of allylic oxidation sites excluding steroid dienone is 2. The number of hydrogen-bond acceptors (Lipinski definition) is 1. The van der Waals surface area contributed by atoms with Crippen molar-refractivity contribution in [3.8, 4) is 0 Å². The molecule has 0 atom stereocenters. The molecule has 0 aliphatic rings. The molecule has 0 aliphatic carbocycles. The predicted molar refractivity (Wildman–Crippen MR) is 40.3 cm³/mol. The molecule has 0 saturated carbocycles. The maximum atomic E-state index is 10.7. The first-order valence-corrected chi connectivity index (χ1v) is 3.21. The molecule has 0 N–H and O–H groups in total. The fourth-order valence-electron chi connectivity index (χ4n) is 0.642. The minimum Gasteiger partial charge on any atom is -0.308 e. The lowest BCUT2D eigenvalue weighted by Crippen LogP contribution is -1.94. The van der Waals surface area contributed by atoms with Crippen molar-refractivity contribution in [2.75, 3.05) is 0 Å². The van der Waals surface area contributed by atoms with Gasteiger partial charge in [0.15, 0.2) is 5.78 Å². The van der Waals surface area contributed by atoms with Crippen molar-refractivity contribution in [1.29, 1.82) is 0 Å². The molecular formula is C8H11NO. The van der Waals surface area contributed by atoms with Gasteiger partial charge in [0.1, 0.15) is 0 Å². The third kappa shape index (κ3) is 2.02. The molecule has 0 aliphatic heterocycles. The Bertz CT molecular complexity index is 208. The second kappa shape index (κ2) is 3.84. The van der Waals surface area contributed by atoms with Crippen molar-refractivity contribution in [3.05, 3.63) is 22.7 Å². The molecule has 0 aromatic rings. The highest BCUT2D eigenvalue weighted by atomic mass is 16.1. The topological polar surface area (TPSA) is 21.4 Å². The van der Waals surface area contributed by atoms with E-state index in [1.165, 1.54) is 6.92 Å². The normalized spacial score (nSPS) is 11.8. The monoisotopic (exact) mass is 137 g/mol. The minimum atomic E-state index is -0.130. The largest absolute Gasteiger partial charge is 0.308 e. The molecule has 2 nitrogen and oxygen atoms in total. The third-order valence-electron chi connectivity index (χ3n) is 1.38. The van der Waals surface area contributed by atoms with E-state index in [1.807, 2.05) is 13.8 Å². The highest BCUT2D eigenvalue weighted by molar-refractivity contribution is 5.95. The summed E-state index contributed by atoms with van der Waals surface area (Å²) in [5.41, 5.74) is 1.17.